The maximum absolute atomic E-state index is 13.0. The highest BCUT2D eigenvalue weighted by Crippen LogP contribution is 2.24. The van der Waals surface area contributed by atoms with Crippen LogP contribution in [0, 0.1) is 0 Å². The molecule has 2 heterocycles. The van der Waals surface area contributed by atoms with Crippen LogP contribution in [0.25, 0.3) is 22.2 Å². The van der Waals surface area contributed by atoms with Gasteiger partial charge in [0.1, 0.15) is 5.75 Å². The molecule has 0 bridgehead atoms. The van der Waals surface area contributed by atoms with E-state index < -0.39 is 0 Å². The van der Waals surface area contributed by atoms with Crippen LogP contribution >= 0.6 is 0 Å². The Balaban J connectivity index is 1.71. The summed E-state index contributed by atoms with van der Waals surface area (Å²) in [5, 5.41) is 5.05. The minimum atomic E-state index is -0.312. The summed E-state index contributed by atoms with van der Waals surface area (Å²) >= 11 is 0. The van der Waals surface area contributed by atoms with Crippen molar-refractivity contribution in [3.05, 3.63) is 90.3 Å². The van der Waals surface area contributed by atoms with E-state index in [9.17, 15) is 4.79 Å². The van der Waals surface area contributed by atoms with E-state index in [4.69, 9.17) is 4.74 Å². The molecule has 6 heteroatoms. The van der Waals surface area contributed by atoms with E-state index >= 15 is 0 Å². The highest BCUT2D eigenvalue weighted by molar-refractivity contribution is 6.08. The Bertz CT molecular complexity index is 1240. The Hall–Kier alpha value is -4.06. The molecule has 0 spiro atoms. The lowest BCUT2D eigenvalue weighted by atomic mass is 10.0. The van der Waals surface area contributed by atoms with Crippen molar-refractivity contribution in [1.82, 2.24) is 15.4 Å². The van der Waals surface area contributed by atoms with Gasteiger partial charge in [-0.2, -0.15) is 5.10 Å². The van der Waals surface area contributed by atoms with Gasteiger partial charge >= 0.3 is 0 Å². The molecule has 2 aromatic heterocycles. The van der Waals surface area contributed by atoms with E-state index in [-0.39, 0.29) is 5.91 Å². The standard InChI is InChI=1S/C24H20N4O2/c1-16(18-9-4-6-12-23(18)30-2)27-28-24(29)20-14-22(17-8-7-13-25-15-17)26-21-11-5-3-10-19(20)21/h3-15H,1-2H3,(H,28,29)/b27-16-. The van der Waals surface area contributed by atoms with Crippen LogP contribution in [0.15, 0.2) is 84.2 Å². The molecule has 0 saturated heterocycles. The number of benzene rings is 2. The number of fused-ring (bicyclic) bond motifs is 1. The predicted molar refractivity (Wildman–Crippen MR) is 118 cm³/mol. The van der Waals surface area contributed by atoms with Gasteiger partial charge in [0.15, 0.2) is 0 Å². The van der Waals surface area contributed by atoms with Crippen molar-refractivity contribution in [3.63, 3.8) is 0 Å². The number of nitrogens with zero attached hydrogens (tertiary/aromatic N) is 3. The molecule has 0 aliphatic rings. The number of ether oxygens (including phenoxy) is 1. The molecule has 6 nitrogen and oxygen atoms in total. The minimum absolute atomic E-state index is 0.312. The number of hydrazone groups is 1. The normalized spacial score (nSPS) is 11.3. The van der Waals surface area contributed by atoms with Gasteiger partial charge in [-0.3, -0.25) is 9.78 Å². The van der Waals surface area contributed by atoms with E-state index in [1.54, 1.807) is 25.6 Å². The molecule has 1 N–H and O–H groups in total. The second-order valence-corrected chi connectivity index (χ2v) is 6.65. The van der Waals surface area contributed by atoms with Crippen LogP contribution < -0.4 is 10.2 Å². The van der Waals surface area contributed by atoms with Crippen LogP contribution in [0.3, 0.4) is 0 Å². The number of para-hydroxylation sites is 2. The fraction of sp³-hybridized carbons (Fsp3) is 0.0833. The van der Waals surface area contributed by atoms with Gasteiger partial charge in [0.25, 0.3) is 5.91 Å². The van der Waals surface area contributed by atoms with Gasteiger partial charge in [-0.1, -0.05) is 30.3 Å². The lowest BCUT2D eigenvalue weighted by Crippen LogP contribution is -2.20. The summed E-state index contributed by atoms with van der Waals surface area (Å²) in [6, 6.07) is 20.6. The Morgan fingerprint density at radius 1 is 1.00 bits per heavy atom. The van der Waals surface area contributed by atoms with Crippen LogP contribution in [-0.2, 0) is 0 Å². The molecule has 0 saturated carbocycles. The van der Waals surface area contributed by atoms with Gasteiger partial charge in [-0.15, -0.1) is 0 Å². The third-order valence-corrected chi connectivity index (χ3v) is 4.74. The van der Waals surface area contributed by atoms with Crippen molar-refractivity contribution >= 4 is 22.5 Å². The fourth-order valence-electron chi connectivity index (χ4n) is 3.22. The van der Waals surface area contributed by atoms with Crippen LogP contribution in [0.1, 0.15) is 22.8 Å². The lowest BCUT2D eigenvalue weighted by Gasteiger charge is -2.10. The molecule has 0 aliphatic heterocycles. The van der Waals surface area contributed by atoms with E-state index in [1.807, 2.05) is 67.6 Å². The Kier molecular flexibility index (Phi) is 5.48. The van der Waals surface area contributed by atoms with Gasteiger partial charge < -0.3 is 4.74 Å². The highest BCUT2D eigenvalue weighted by atomic mass is 16.5. The van der Waals surface area contributed by atoms with E-state index in [0.29, 0.717) is 22.7 Å². The number of pyridine rings is 2. The van der Waals surface area contributed by atoms with Crippen molar-refractivity contribution in [2.24, 2.45) is 5.10 Å². The van der Waals surface area contributed by atoms with Crippen molar-refractivity contribution < 1.29 is 9.53 Å². The SMILES string of the molecule is COc1ccccc1/C(C)=N\NC(=O)c1cc(-c2cccnc2)nc2ccccc12. The Labute approximate surface area is 174 Å². The highest BCUT2D eigenvalue weighted by Gasteiger charge is 2.14. The number of hydrogen-bond donors (Lipinski definition) is 1. The van der Waals surface area contributed by atoms with Crippen LogP contribution in [0.4, 0.5) is 0 Å². The number of nitrogens with one attached hydrogen (secondary N) is 1. The Morgan fingerprint density at radius 3 is 2.60 bits per heavy atom. The van der Waals surface area contributed by atoms with Gasteiger partial charge in [0, 0.05) is 28.9 Å². The summed E-state index contributed by atoms with van der Waals surface area (Å²) < 4.78 is 5.37. The zero-order valence-electron chi connectivity index (χ0n) is 16.7. The van der Waals surface area contributed by atoms with Crippen LogP contribution in [0.5, 0.6) is 5.75 Å². The molecule has 148 valence electrons. The zero-order chi connectivity index (χ0) is 20.9. The first-order chi connectivity index (χ1) is 14.7. The van der Waals surface area contributed by atoms with Crippen molar-refractivity contribution in [2.75, 3.05) is 7.11 Å². The average molecular weight is 396 g/mol. The number of amides is 1. The molecular weight excluding hydrogens is 376 g/mol. The topological polar surface area (TPSA) is 76.5 Å². The molecular formula is C24H20N4O2. The van der Waals surface area contributed by atoms with Gasteiger partial charge in [-0.05, 0) is 43.3 Å². The first-order valence-electron chi connectivity index (χ1n) is 9.45. The van der Waals surface area contributed by atoms with Gasteiger partial charge in [0.2, 0.25) is 0 Å². The van der Waals surface area contributed by atoms with Crippen LogP contribution in [-0.4, -0.2) is 28.7 Å². The zero-order valence-corrected chi connectivity index (χ0v) is 16.7. The summed E-state index contributed by atoms with van der Waals surface area (Å²) in [7, 11) is 1.60. The summed E-state index contributed by atoms with van der Waals surface area (Å²) in [5.74, 6) is 0.384. The molecule has 4 rings (SSSR count). The van der Waals surface area contributed by atoms with E-state index in [1.165, 1.54) is 0 Å². The Morgan fingerprint density at radius 2 is 1.80 bits per heavy atom. The fourth-order valence-corrected chi connectivity index (χ4v) is 3.22. The number of methoxy groups -OCH3 is 1. The predicted octanol–water partition coefficient (Wildman–Crippen LogP) is 4.46. The van der Waals surface area contributed by atoms with Gasteiger partial charge in [0.05, 0.1) is 29.6 Å². The summed E-state index contributed by atoms with van der Waals surface area (Å²) in [6.07, 6.45) is 3.43. The van der Waals surface area contributed by atoms with E-state index in [0.717, 1.165) is 22.0 Å². The van der Waals surface area contributed by atoms with Crippen molar-refractivity contribution in [1.29, 1.82) is 0 Å². The average Bonchev–Trinajstić information content (AvgIpc) is 2.82. The molecule has 0 fully saturated rings. The second kappa shape index (κ2) is 8.53. The first-order valence-corrected chi connectivity index (χ1v) is 9.45. The summed E-state index contributed by atoms with van der Waals surface area (Å²) in [4.78, 5) is 21.9. The molecule has 30 heavy (non-hydrogen) atoms. The second-order valence-electron chi connectivity index (χ2n) is 6.65. The number of hydrogen-bond acceptors (Lipinski definition) is 5. The lowest BCUT2D eigenvalue weighted by molar-refractivity contribution is 0.0956. The largest absolute Gasteiger partial charge is 0.496 e. The molecule has 2 aromatic carbocycles. The summed E-state index contributed by atoms with van der Waals surface area (Å²) in [5.41, 5.74) is 6.87. The minimum Gasteiger partial charge on any atom is -0.496 e. The number of rotatable bonds is 5. The van der Waals surface area contributed by atoms with Gasteiger partial charge in [-0.25, -0.2) is 10.4 Å². The monoisotopic (exact) mass is 396 g/mol. The number of carbonyl (C=O) groups is 1. The molecule has 1 amide bonds. The molecule has 4 aromatic rings. The van der Waals surface area contributed by atoms with Crippen molar-refractivity contribution in [3.8, 4) is 17.0 Å². The quantitative estimate of drug-likeness (QED) is 0.399. The summed E-state index contributed by atoms with van der Waals surface area (Å²) in [6.45, 7) is 1.82. The maximum Gasteiger partial charge on any atom is 0.272 e. The molecule has 0 aliphatic carbocycles. The van der Waals surface area contributed by atoms with Crippen molar-refractivity contribution in [2.45, 2.75) is 6.92 Å². The third kappa shape index (κ3) is 3.89. The first kappa shape index (κ1) is 19.3. The van der Waals surface area contributed by atoms with E-state index in [2.05, 4.69) is 20.5 Å². The maximum atomic E-state index is 13.0. The molecule has 0 unspecified atom stereocenters. The number of aromatic nitrogens is 2. The molecule has 0 atom stereocenters. The third-order valence-electron chi connectivity index (χ3n) is 4.74. The molecule has 0 radical (unpaired) electrons. The van der Waals surface area contributed by atoms with Crippen LogP contribution in [0.2, 0.25) is 0 Å². The number of carbonyl (C=O) groups excluding carboxylic acids is 1. The smallest absolute Gasteiger partial charge is 0.272 e.